The van der Waals surface area contributed by atoms with Gasteiger partial charge in [0.1, 0.15) is 11.6 Å². The number of nitrogens with zero attached hydrogens (tertiary/aromatic N) is 3. The number of aliphatic imine (C=N–C) groups is 1. The topological polar surface area (TPSA) is 83.5 Å². The summed E-state index contributed by atoms with van der Waals surface area (Å²) in [5, 5.41) is 2.46. The number of amidine groups is 1. The van der Waals surface area contributed by atoms with E-state index in [9.17, 15) is 14.0 Å². The van der Waals surface area contributed by atoms with E-state index in [2.05, 4.69) is 10.4 Å². The predicted octanol–water partition coefficient (Wildman–Crippen LogP) is 2.23. The molecule has 0 unspecified atom stereocenters. The highest BCUT2D eigenvalue weighted by Crippen LogP contribution is 2.33. The van der Waals surface area contributed by atoms with Gasteiger partial charge in [-0.2, -0.15) is 4.99 Å². The van der Waals surface area contributed by atoms with Crippen molar-refractivity contribution in [2.75, 3.05) is 39.4 Å². The monoisotopic (exact) mass is 420 g/mol. The number of thioether (sulfide) groups is 1. The van der Waals surface area contributed by atoms with Crippen molar-refractivity contribution in [1.29, 1.82) is 0 Å². The van der Waals surface area contributed by atoms with Gasteiger partial charge in [0.2, 0.25) is 0 Å². The van der Waals surface area contributed by atoms with Crippen molar-refractivity contribution in [2.24, 2.45) is 4.99 Å². The molecule has 8 nitrogen and oxygen atoms in total. The van der Waals surface area contributed by atoms with Gasteiger partial charge in [0.05, 0.1) is 18.1 Å². The van der Waals surface area contributed by atoms with Gasteiger partial charge < -0.3 is 14.4 Å². The number of morpholine rings is 1. The number of rotatable bonds is 2. The van der Waals surface area contributed by atoms with Gasteiger partial charge in [-0.3, -0.25) is 9.80 Å². The van der Waals surface area contributed by atoms with Crippen molar-refractivity contribution in [3.05, 3.63) is 34.5 Å². The first kappa shape index (κ1) is 19.9. The molecular formula is C19H21FN4O4S. The highest BCUT2D eigenvalue weighted by molar-refractivity contribution is 8.18. The third-order valence-electron chi connectivity index (χ3n) is 4.68. The van der Waals surface area contributed by atoms with Crippen LogP contribution in [0.25, 0.3) is 6.08 Å². The van der Waals surface area contributed by atoms with Gasteiger partial charge >= 0.3 is 6.09 Å². The summed E-state index contributed by atoms with van der Waals surface area (Å²) in [5.74, 6) is -0.837. The molecule has 1 aromatic carbocycles. The minimum atomic E-state index is -0.571. The molecule has 0 radical (unpaired) electrons. The van der Waals surface area contributed by atoms with E-state index < -0.39 is 11.9 Å². The maximum absolute atomic E-state index is 13.8. The fourth-order valence-electron chi connectivity index (χ4n) is 3.13. The lowest BCUT2D eigenvalue weighted by atomic mass is 10.2. The Hall–Kier alpha value is -2.43. The van der Waals surface area contributed by atoms with Gasteiger partial charge in [0.25, 0.3) is 5.91 Å². The first-order valence-electron chi connectivity index (χ1n) is 9.48. The maximum Gasteiger partial charge on any atom is 0.415 e. The van der Waals surface area contributed by atoms with Gasteiger partial charge in [-0.1, -0.05) is 0 Å². The van der Waals surface area contributed by atoms with Crippen LogP contribution in [0.4, 0.5) is 9.18 Å². The van der Waals surface area contributed by atoms with Crippen LogP contribution in [0.5, 0.6) is 5.75 Å². The van der Waals surface area contributed by atoms with Gasteiger partial charge in [-0.15, -0.1) is 0 Å². The zero-order valence-corrected chi connectivity index (χ0v) is 16.5. The fourth-order valence-corrected chi connectivity index (χ4v) is 4.04. The number of halogens is 1. The second-order valence-corrected chi connectivity index (χ2v) is 7.74. The molecule has 0 bridgehead atoms. The van der Waals surface area contributed by atoms with Crippen molar-refractivity contribution < 1.29 is 23.5 Å². The zero-order chi connectivity index (χ0) is 20.2. The van der Waals surface area contributed by atoms with Crippen LogP contribution in [0.3, 0.4) is 0 Å². The number of hydrogen-bond donors (Lipinski definition) is 1. The second-order valence-electron chi connectivity index (χ2n) is 6.73. The first-order chi connectivity index (χ1) is 14.1. The fraction of sp³-hybridized carbons (Fsp3) is 0.421. The molecular weight excluding hydrogens is 399 g/mol. The minimum absolute atomic E-state index is 0.0620. The van der Waals surface area contributed by atoms with Crippen LogP contribution in [0, 0.1) is 5.82 Å². The van der Waals surface area contributed by atoms with Crippen molar-refractivity contribution in [2.45, 2.75) is 12.8 Å². The Morgan fingerprint density at radius 1 is 1.28 bits per heavy atom. The van der Waals surface area contributed by atoms with Crippen LogP contribution in [0.1, 0.15) is 18.4 Å². The lowest BCUT2D eigenvalue weighted by Gasteiger charge is -2.28. The Labute approximate surface area is 171 Å². The van der Waals surface area contributed by atoms with E-state index in [0.29, 0.717) is 41.9 Å². The van der Waals surface area contributed by atoms with E-state index in [0.717, 1.165) is 32.0 Å². The maximum atomic E-state index is 13.8. The third-order valence-corrected chi connectivity index (χ3v) is 5.69. The summed E-state index contributed by atoms with van der Waals surface area (Å²) in [6.07, 6.45) is 3.12. The summed E-state index contributed by atoms with van der Waals surface area (Å²) in [5.41, 5.74) is 3.65. The molecule has 0 spiro atoms. The summed E-state index contributed by atoms with van der Waals surface area (Å²) in [6.45, 7) is 3.32. The molecule has 10 heteroatoms. The molecule has 0 atom stereocenters. The summed E-state index contributed by atoms with van der Waals surface area (Å²) < 4.78 is 24.4. The van der Waals surface area contributed by atoms with Crippen LogP contribution >= 0.6 is 11.8 Å². The molecule has 154 valence electrons. The molecule has 0 saturated carbocycles. The van der Waals surface area contributed by atoms with Crippen LogP contribution < -0.4 is 10.2 Å². The van der Waals surface area contributed by atoms with E-state index in [-0.39, 0.29) is 11.7 Å². The van der Waals surface area contributed by atoms with E-state index in [1.807, 2.05) is 5.01 Å². The third kappa shape index (κ3) is 4.77. The Morgan fingerprint density at radius 2 is 2.10 bits per heavy atom. The molecule has 2 fully saturated rings. The molecule has 2 amide bonds. The number of ether oxygens (including phenoxy) is 2. The lowest BCUT2D eigenvalue weighted by molar-refractivity contribution is -0.113. The number of amides is 2. The highest BCUT2D eigenvalue weighted by atomic mass is 32.2. The molecule has 4 rings (SSSR count). The normalized spacial score (nSPS) is 21.5. The molecule has 1 aromatic rings. The summed E-state index contributed by atoms with van der Waals surface area (Å²) >= 11 is 1.24. The molecule has 0 aromatic heterocycles. The van der Waals surface area contributed by atoms with E-state index in [1.54, 1.807) is 6.08 Å². The molecule has 29 heavy (non-hydrogen) atoms. The Morgan fingerprint density at radius 3 is 2.86 bits per heavy atom. The smallest absolute Gasteiger partial charge is 0.409 e. The Bertz CT molecular complexity index is 864. The second kappa shape index (κ2) is 8.93. The number of hydrazine groups is 1. The van der Waals surface area contributed by atoms with Gasteiger partial charge in [0.15, 0.2) is 5.17 Å². The summed E-state index contributed by atoms with van der Waals surface area (Å²) in [6, 6.07) is 3.88. The number of hydrogen-bond acceptors (Lipinski definition) is 7. The van der Waals surface area contributed by atoms with Crippen LogP contribution in [-0.4, -0.2) is 66.5 Å². The Balaban J connectivity index is 1.51. The number of carbonyl (C=O) groups excluding carboxylic acids is 2. The molecule has 3 aliphatic heterocycles. The zero-order valence-electron chi connectivity index (χ0n) is 15.7. The number of benzene rings is 1. The molecule has 0 aliphatic carbocycles. The average Bonchev–Trinajstić information content (AvgIpc) is 3.11. The molecule has 3 heterocycles. The van der Waals surface area contributed by atoms with Crippen molar-refractivity contribution in [1.82, 2.24) is 15.3 Å². The van der Waals surface area contributed by atoms with Gasteiger partial charge in [-0.25, -0.2) is 14.6 Å². The van der Waals surface area contributed by atoms with E-state index in [4.69, 9.17) is 9.47 Å². The van der Waals surface area contributed by atoms with Crippen molar-refractivity contribution in [3.8, 4) is 5.75 Å². The van der Waals surface area contributed by atoms with Crippen LogP contribution in [0.2, 0.25) is 0 Å². The van der Waals surface area contributed by atoms with Gasteiger partial charge in [-0.05, 0) is 42.8 Å². The Kier molecular flexibility index (Phi) is 6.12. The molecule has 2 saturated heterocycles. The minimum Gasteiger partial charge on any atom is -0.409 e. The molecule has 3 aliphatic rings. The largest absolute Gasteiger partial charge is 0.415 e. The standard InChI is InChI=1S/C19H21FN4O4S/c20-14-4-3-13(15(12-14)28-19(26)23-7-9-27-10-8-23)11-16-17(25)22-18(29-16)24-6-2-1-5-21-24/h3-4,11-12,21H,1-2,5-10H2/b16-11+. The van der Waals surface area contributed by atoms with E-state index in [1.165, 1.54) is 28.8 Å². The van der Waals surface area contributed by atoms with Crippen LogP contribution in [0.15, 0.2) is 28.1 Å². The predicted molar refractivity (Wildman–Crippen MR) is 107 cm³/mol. The van der Waals surface area contributed by atoms with Crippen LogP contribution in [-0.2, 0) is 9.53 Å². The van der Waals surface area contributed by atoms with E-state index >= 15 is 0 Å². The SMILES string of the molecule is O=C1N=C(N2CCCCN2)S/C1=C/c1ccc(F)cc1OC(=O)N1CCOCC1. The highest BCUT2D eigenvalue weighted by Gasteiger charge is 2.28. The van der Waals surface area contributed by atoms with Crippen molar-refractivity contribution in [3.63, 3.8) is 0 Å². The first-order valence-corrected chi connectivity index (χ1v) is 10.3. The van der Waals surface area contributed by atoms with Gasteiger partial charge in [0, 0.05) is 37.8 Å². The molecule has 1 N–H and O–H groups in total. The lowest BCUT2D eigenvalue weighted by Crippen LogP contribution is -2.45. The number of carbonyl (C=O) groups is 2. The van der Waals surface area contributed by atoms with Crippen molar-refractivity contribution >= 4 is 35.0 Å². The summed E-state index contributed by atoms with van der Waals surface area (Å²) in [7, 11) is 0. The number of nitrogens with one attached hydrogen (secondary N) is 1. The summed E-state index contributed by atoms with van der Waals surface area (Å²) in [4.78, 5) is 30.7. The quantitative estimate of drug-likeness (QED) is 0.735. The average molecular weight is 420 g/mol.